The van der Waals surface area contributed by atoms with Crippen LogP contribution < -0.4 is 4.90 Å². The SMILES string of the molecule is C=C1c2ccc(Cl)cc2C(=O)N1c1ccc(C)cc1. The fourth-order valence-electron chi connectivity index (χ4n) is 2.28. The lowest BCUT2D eigenvalue weighted by molar-refractivity contribution is 0.101. The van der Waals surface area contributed by atoms with Gasteiger partial charge in [-0.2, -0.15) is 0 Å². The predicted molar refractivity (Wildman–Crippen MR) is 78.5 cm³/mol. The smallest absolute Gasteiger partial charge is 0.263 e. The molecule has 0 fully saturated rings. The summed E-state index contributed by atoms with van der Waals surface area (Å²) in [5.74, 6) is -0.0775. The molecule has 0 spiro atoms. The van der Waals surface area contributed by atoms with Crippen LogP contribution in [0.1, 0.15) is 21.5 Å². The van der Waals surface area contributed by atoms with Gasteiger partial charge in [-0.3, -0.25) is 9.69 Å². The van der Waals surface area contributed by atoms with E-state index in [-0.39, 0.29) is 5.91 Å². The van der Waals surface area contributed by atoms with Crippen molar-refractivity contribution in [2.75, 3.05) is 4.90 Å². The Morgan fingerprint density at radius 1 is 1.05 bits per heavy atom. The number of aryl methyl sites for hydroxylation is 1. The number of nitrogens with zero attached hydrogens (tertiary/aromatic N) is 1. The molecule has 0 aliphatic carbocycles. The number of benzene rings is 2. The second kappa shape index (κ2) is 4.25. The van der Waals surface area contributed by atoms with Gasteiger partial charge in [0.2, 0.25) is 0 Å². The molecule has 0 atom stereocenters. The van der Waals surface area contributed by atoms with E-state index in [0.717, 1.165) is 16.8 Å². The highest BCUT2D eigenvalue weighted by atomic mass is 35.5. The maximum absolute atomic E-state index is 12.5. The van der Waals surface area contributed by atoms with E-state index in [1.54, 1.807) is 17.0 Å². The van der Waals surface area contributed by atoms with Crippen LogP contribution in [-0.4, -0.2) is 5.91 Å². The molecule has 3 rings (SSSR count). The Morgan fingerprint density at radius 2 is 1.74 bits per heavy atom. The van der Waals surface area contributed by atoms with Crippen LogP contribution in [0.15, 0.2) is 49.0 Å². The maximum atomic E-state index is 12.5. The lowest BCUT2D eigenvalue weighted by Crippen LogP contribution is -2.21. The van der Waals surface area contributed by atoms with Crippen molar-refractivity contribution in [1.29, 1.82) is 0 Å². The van der Waals surface area contributed by atoms with E-state index in [0.29, 0.717) is 16.3 Å². The molecule has 0 radical (unpaired) electrons. The first-order valence-electron chi connectivity index (χ1n) is 5.98. The van der Waals surface area contributed by atoms with Crippen LogP contribution in [0.5, 0.6) is 0 Å². The molecule has 0 bridgehead atoms. The molecule has 0 saturated carbocycles. The molecule has 2 aromatic carbocycles. The lowest BCUT2D eigenvalue weighted by Gasteiger charge is -2.17. The second-order valence-electron chi connectivity index (χ2n) is 4.61. The molecule has 0 N–H and O–H groups in total. The summed E-state index contributed by atoms with van der Waals surface area (Å²) in [5, 5.41) is 0.561. The molecular formula is C16H12ClNO. The Hall–Kier alpha value is -2.06. The van der Waals surface area contributed by atoms with Gasteiger partial charge in [0.05, 0.1) is 11.3 Å². The molecule has 3 heteroatoms. The Bertz CT molecular complexity index is 688. The van der Waals surface area contributed by atoms with Gasteiger partial charge in [-0.1, -0.05) is 41.9 Å². The molecule has 1 aliphatic heterocycles. The number of carbonyl (C=O) groups is 1. The van der Waals surface area contributed by atoms with Crippen molar-refractivity contribution in [1.82, 2.24) is 0 Å². The second-order valence-corrected chi connectivity index (χ2v) is 5.05. The van der Waals surface area contributed by atoms with Crippen molar-refractivity contribution in [3.05, 3.63) is 70.8 Å². The van der Waals surface area contributed by atoms with Crippen molar-refractivity contribution in [3.8, 4) is 0 Å². The van der Waals surface area contributed by atoms with Gasteiger partial charge in [0.25, 0.3) is 5.91 Å². The summed E-state index contributed by atoms with van der Waals surface area (Å²) in [6.45, 7) is 6.03. The first kappa shape index (κ1) is 12.0. The van der Waals surface area contributed by atoms with Gasteiger partial charge in [0, 0.05) is 16.3 Å². The number of hydrogen-bond donors (Lipinski definition) is 0. The Morgan fingerprint density at radius 3 is 2.42 bits per heavy atom. The zero-order valence-corrected chi connectivity index (χ0v) is 11.2. The summed E-state index contributed by atoms with van der Waals surface area (Å²) in [7, 11) is 0. The molecule has 0 unspecified atom stereocenters. The van der Waals surface area contributed by atoms with Crippen LogP contribution in [0.4, 0.5) is 5.69 Å². The van der Waals surface area contributed by atoms with Gasteiger partial charge in [-0.25, -0.2) is 0 Å². The summed E-state index contributed by atoms with van der Waals surface area (Å²) in [6, 6.07) is 13.1. The number of anilines is 1. The fraction of sp³-hybridized carbons (Fsp3) is 0.0625. The largest absolute Gasteiger partial charge is 0.277 e. The van der Waals surface area contributed by atoms with Gasteiger partial charge in [0.1, 0.15) is 0 Å². The molecule has 2 nitrogen and oxygen atoms in total. The third kappa shape index (κ3) is 1.85. The highest BCUT2D eigenvalue weighted by Crippen LogP contribution is 2.36. The molecule has 0 aromatic heterocycles. The minimum absolute atomic E-state index is 0.0775. The van der Waals surface area contributed by atoms with Crippen LogP contribution in [0.25, 0.3) is 5.70 Å². The van der Waals surface area contributed by atoms with Gasteiger partial charge >= 0.3 is 0 Å². The van der Waals surface area contributed by atoms with E-state index in [4.69, 9.17) is 11.6 Å². The summed E-state index contributed by atoms with van der Waals surface area (Å²) < 4.78 is 0. The number of halogens is 1. The zero-order chi connectivity index (χ0) is 13.6. The standard InChI is InChI=1S/C16H12ClNO/c1-10-3-6-13(7-4-10)18-11(2)14-8-5-12(17)9-15(14)16(18)19/h3-9H,2H2,1H3. The van der Waals surface area contributed by atoms with Crippen LogP contribution in [-0.2, 0) is 0 Å². The van der Waals surface area contributed by atoms with Crippen LogP contribution in [0.2, 0.25) is 5.02 Å². The quantitative estimate of drug-likeness (QED) is 0.757. The molecule has 94 valence electrons. The molecule has 2 aromatic rings. The lowest BCUT2D eigenvalue weighted by atomic mass is 10.1. The van der Waals surface area contributed by atoms with Crippen LogP contribution in [0.3, 0.4) is 0 Å². The summed E-state index contributed by atoms with van der Waals surface area (Å²) >= 11 is 5.95. The summed E-state index contributed by atoms with van der Waals surface area (Å²) in [5.41, 5.74) is 4.13. The number of hydrogen-bond acceptors (Lipinski definition) is 1. The fourth-order valence-corrected chi connectivity index (χ4v) is 2.45. The van der Waals surface area contributed by atoms with Gasteiger partial charge < -0.3 is 0 Å². The van der Waals surface area contributed by atoms with Crippen molar-refractivity contribution in [2.45, 2.75) is 6.92 Å². The average molecular weight is 270 g/mol. The Kier molecular flexibility index (Phi) is 2.68. The number of carbonyl (C=O) groups excluding carboxylic acids is 1. The van der Waals surface area contributed by atoms with E-state index in [1.165, 1.54) is 0 Å². The van der Waals surface area contributed by atoms with E-state index in [9.17, 15) is 4.79 Å². The highest BCUT2D eigenvalue weighted by Gasteiger charge is 2.32. The topological polar surface area (TPSA) is 20.3 Å². The average Bonchev–Trinajstić information content (AvgIpc) is 2.63. The first-order valence-corrected chi connectivity index (χ1v) is 6.35. The van der Waals surface area contributed by atoms with E-state index < -0.39 is 0 Å². The number of amides is 1. The van der Waals surface area contributed by atoms with Crippen LogP contribution >= 0.6 is 11.6 Å². The highest BCUT2D eigenvalue weighted by molar-refractivity contribution is 6.32. The summed E-state index contributed by atoms with van der Waals surface area (Å²) in [6.07, 6.45) is 0. The van der Waals surface area contributed by atoms with Crippen molar-refractivity contribution >= 4 is 28.9 Å². The molecule has 19 heavy (non-hydrogen) atoms. The minimum atomic E-state index is -0.0775. The monoisotopic (exact) mass is 269 g/mol. The van der Waals surface area contributed by atoms with E-state index >= 15 is 0 Å². The van der Waals surface area contributed by atoms with Crippen molar-refractivity contribution in [3.63, 3.8) is 0 Å². The Balaban J connectivity index is 2.10. The predicted octanol–water partition coefficient (Wildman–Crippen LogP) is 4.28. The van der Waals surface area contributed by atoms with Gasteiger partial charge in [0.15, 0.2) is 0 Å². The van der Waals surface area contributed by atoms with E-state index in [2.05, 4.69) is 6.58 Å². The van der Waals surface area contributed by atoms with E-state index in [1.807, 2.05) is 37.3 Å². The molecular weight excluding hydrogens is 258 g/mol. The normalized spacial score (nSPS) is 13.9. The minimum Gasteiger partial charge on any atom is -0.277 e. The van der Waals surface area contributed by atoms with Crippen LogP contribution in [0, 0.1) is 6.92 Å². The number of fused-ring (bicyclic) bond motifs is 1. The molecule has 1 aliphatic rings. The van der Waals surface area contributed by atoms with Gasteiger partial charge in [-0.05, 0) is 31.2 Å². The third-order valence-corrected chi connectivity index (χ3v) is 3.52. The number of rotatable bonds is 1. The van der Waals surface area contributed by atoms with Crippen molar-refractivity contribution in [2.24, 2.45) is 0 Å². The Labute approximate surface area is 116 Å². The maximum Gasteiger partial charge on any atom is 0.263 e. The zero-order valence-electron chi connectivity index (χ0n) is 10.5. The first-order chi connectivity index (χ1) is 9.08. The van der Waals surface area contributed by atoms with Gasteiger partial charge in [-0.15, -0.1) is 0 Å². The third-order valence-electron chi connectivity index (χ3n) is 3.29. The molecule has 0 saturated heterocycles. The summed E-state index contributed by atoms with van der Waals surface area (Å²) in [4.78, 5) is 14.1. The van der Waals surface area contributed by atoms with Crippen molar-refractivity contribution < 1.29 is 4.79 Å². The molecule has 1 amide bonds. The molecule has 1 heterocycles.